The molecule has 2 aromatic rings. The molecule has 0 saturated heterocycles. The fourth-order valence-corrected chi connectivity index (χ4v) is 3.78. The standard InChI is InChI=1S/C21H28N4O3S.HI/c1-22-21(23-13-14-25-29(26,27)19-8-3-2-4-9-19)24-15-18-7-5-6-10-20(18)28-16-17-11-12-17;/h2-10,17,25H,11-16H2,1H3,(H2,22,23,24);1H. The maximum absolute atomic E-state index is 12.2. The zero-order valence-electron chi connectivity index (χ0n) is 17.0. The quantitative estimate of drug-likeness (QED) is 0.185. The number of rotatable bonds is 10. The molecule has 164 valence electrons. The normalized spacial score (nSPS) is 14.0. The molecule has 0 aliphatic heterocycles. The number of halogens is 1. The van der Waals surface area contributed by atoms with E-state index in [-0.39, 0.29) is 35.4 Å². The second-order valence-electron chi connectivity index (χ2n) is 6.93. The van der Waals surface area contributed by atoms with E-state index in [0.717, 1.165) is 17.9 Å². The molecule has 1 fully saturated rings. The summed E-state index contributed by atoms with van der Waals surface area (Å²) in [6.07, 6.45) is 2.51. The van der Waals surface area contributed by atoms with Gasteiger partial charge in [-0.1, -0.05) is 36.4 Å². The Balaban J connectivity index is 0.00000320. The lowest BCUT2D eigenvalue weighted by molar-refractivity contribution is 0.296. The van der Waals surface area contributed by atoms with Crippen LogP contribution in [0.25, 0.3) is 0 Å². The van der Waals surface area contributed by atoms with Gasteiger partial charge in [-0.2, -0.15) is 0 Å². The first-order valence-corrected chi connectivity index (χ1v) is 11.3. The van der Waals surface area contributed by atoms with E-state index in [1.165, 1.54) is 12.8 Å². The molecule has 3 rings (SSSR count). The summed E-state index contributed by atoms with van der Waals surface area (Å²) in [6.45, 7) is 1.99. The molecule has 30 heavy (non-hydrogen) atoms. The van der Waals surface area contributed by atoms with Gasteiger partial charge in [-0.05, 0) is 37.0 Å². The molecule has 0 atom stereocenters. The van der Waals surface area contributed by atoms with Gasteiger partial charge in [-0.3, -0.25) is 4.99 Å². The molecular formula is C21H29IN4O3S. The van der Waals surface area contributed by atoms with Crippen LogP contribution in [0.3, 0.4) is 0 Å². The van der Waals surface area contributed by atoms with E-state index in [0.29, 0.717) is 25.0 Å². The predicted octanol–water partition coefficient (Wildman–Crippen LogP) is 2.74. The molecule has 0 bridgehead atoms. The minimum atomic E-state index is -3.50. The van der Waals surface area contributed by atoms with Crippen molar-refractivity contribution in [3.05, 3.63) is 60.2 Å². The summed E-state index contributed by atoms with van der Waals surface area (Å²) in [7, 11) is -1.82. The lowest BCUT2D eigenvalue weighted by Gasteiger charge is -2.15. The summed E-state index contributed by atoms with van der Waals surface area (Å²) in [5.74, 6) is 2.18. The topological polar surface area (TPSA) is 91.8 Å². The van der Waals surface area contributed by atoms with E-state index < -0.39 is 10.0 Å². The number of guanidine groups is 1. The largest absolute Gasteiger partial charge is 0.493 e. The van der Waals surface area contributed by atoms with Crippen LogP contribution in [0.15, 0.2) is 64.5 Å². The predicted molar refractivity (Wildman–Crippen MR) is 130 cm³/mol. The van der Waals surface area contributed by atoms with Gasteiger partial charge in [0.1, 0.15) is 5.75 Å². The SMILES string of the molecule is CN=C(NCCNS(=O)(=O)c1ccccc1)NCc1ccccc1OCC1CC1.I. The van der Waals surface area contributed by atoms with Crippen LogP contribution in [0.1, 0.15) is 18.4 Å². The number of hydrogen-bond donors (Lipinski definition) is 3. The summed E-state index contributed by atoms with van der Waals surface area (Å²) >= 11 is 0. The Labute approximate surface area is 195 Å². The molecule has 0 aromatic heterocycles. The van der Waals surface area contributed by atoms with Crippen LogP contribution < -0.4 is 20.1 Å². The van der Waals surface area contributed by atoms with Crippen molar-refractivity contribution in [3.8, 4) is 5.75 Å². The monoisotopic (exact) mass is 544 g/mol. The number of ether oxygens (including phenoxy) is 1. The van der Waals surface area contributed by atoms with Crippen LogP contribution in [0.4, 0.5) is 0 Å². The highest BCUT2D eigenvalue weighted by atomic mass is 127. The first-order chi connectivity index (χ1) is 14.1. The average Bonchev–Trinajstić information content (AvgIpc) is 3.57. The smallest absolute Gasteiger partial charge is 0.240 e. The maximum atomic E-state index is 12.2. The van der Waals surface area contributed by atoms with Gasteiger partial charge in [0, 0.05) is 32.2 Å². The number of aliphatic imine (C=N–C) groups is 1. The summed E-state index contributed by atoms with van der Waals surface area (Å²) in [4.78, 5) is 4.44. The van der Waals surface area contributed by atoms with E-state index in [1.807, 2.05) is 24.3 Å². The fourth-order valence-electron chi connectivity index (χ4n) is 2.73. The highest BCUT2D eigenvalue weighted by Crippen LogP contribution is 2.30. The van der Waals surface area contributed by atoms with Gasteiger partial charge < -0.3 is 15.4 Å². The summed E-state index contributed by atoms with van der Waals surface area (Å²) < 4.78 is 32.9. The third kappa shape index (κ3) is 7.77. The molecule has 3 N–H and O–H groups in total. The highest BCUT2D eigenvalue weighted by Gasteiger charge is 2.22. The lowest BCUT2D eigenvalue weighted by Crippen LogP contribution is -2.41. The first-order valence-electron chi connectivity index (χ1n) is 9.78. The van der Waals surface area contributed by atoms with Crippen molar-refractivity contribution in [2.24, 2.45) is 10.9 Å². The first kappa shape index (κ1) is 24.4. The molecule has 2 aromatic carbocycles. The highest BCUT2D eigenvalue weighted by molar-refractivity contribution is 14.0. The van der Waals surface area contributed by atoms with E-state index in [1.54, 1.807) is 37.4 Å². The number of hydrogen-bond acceptors (Lipinski definition) is 4. The second-order valence-corrected chi connectivity index (χ2v) is 8.69. The minimum Gasteiger partial charge on any atom is -0.493 e. The van der Waals surface area contributed by atoms with Crippen molar-refractivity contribution >= 4 is 40.0 Å². The Morgan fingerprint density at radius 2 is 1.73 bits per heavy atom. The molecule has 1 saturated carbocycles. The zero-order chi connectivity index (χ0) is 20.5. The molecular weight excluding hydrogens is 515 g/mol. The Morgan fingerprint density at radius 1 is 1.03 bits per heavy atom. The Hall–Kier alpha value is -1.85. The van der Waals surface area contributed by atoms with E-state index >= 15 is 0 Å². The molecule has 9 heteroatoms. The summed E-state index contributed by atoms with van der Waals surface area (Å²) in [6, 6.07) is 16.3. The molecule has 1 aliphatic carbocycles. The van der Waals surface area contributed by atoms with Gasteiger partial charge in [0.25, 0.3) is 0 Å². The van der Waals surface area contributed by atoms with Crippen LogP contribution in [-0.4, -0.2) is 41.1 Å². The van der Waals surface area contributed by atoms with E-state index in [9.17, 15) is 8.42 Å². The summed E-state index contributed by atoms with van der Waals surface area (Å²) in [5.41, 5.74) is 1.06. The van der Waals surface area contributed by atoms with E-state index in [2.05, 4.69) is 20.3 Å². The number of para-hydroxylation sites is 1. The molecule has 0 unspecified atom stereocenters. The van der Waals surface area contributed by atoms with Gasteiger partial charge in [-0.15, -0.1) is 24.0 Å². The Morgan fingerprint density at radius 3 is 2.43 bits per heavy atom. The van der Waals surface area contributed by atoms with Crippen LogP contribution in [-0.2, 0) is 16.6 Å². The van der Waals surface area contributed by atoms with Crippen molar-refractivity contribution in [2.45, 2.75) is 24.3 Å². The molecule has 0 radical (unpaired) electrons. The van der Waals surface area contributed by atoms with Crippen molar-refractivity contribution in [2.75, 3.05) is 26.7 Å². The second kappa shape index (κ2) is 12.1. The van der Waals surface area contributed by atoms with Crippen molar-refractivity contribution < 1.29 is 13.2 Å². The van der Waals surface area contributed by atoms with Gasteiger partial charge >= 0.3 is 0 Å². The van der Waals surface area contributed by atoms with E-state index in [4.69, 9.17) is 4.74 Å². The molecule has 7 nitrogen and oxygen atoms in total. The van der Waals surface area contributed by atoms with Crippen molar-refractivity contribution in [3.63, 3.8) is 0 Å². The molecule has 0 amide bonds. The number of nitrogens with zero attached hydrogens (tertiary/aromatic N) is 1. The van der Waals surface area contributed by atoms with Gasteiger partial charge in [0.05, 0.1) is 11.5 Å². The molecule has 1 aliphatic rings. The van der Waals surface area contributed by atoms with Crippen LogP contribution in [0, 0.1) is 5.92 Å². The Kier molecular flexibility index (Phi) is 9.86. The zero-order valence-corrected chi connectivity index (χ0v) is 20.2. The summed E-state index contributed by atoms with van der Waals surface area (Å²) in [5, 5.41) is 6.35. The third-order valence-corrected chi connectivity index (χ3v) is 6.05. The van der Waals surface area contributed by atoms with Crippen LogP contribution >= 0.6 is 24.0 Å². The average molecular weight is 544 g/mol. The maximum Gasteiger partial charge on any atom is 0.240 e. The lowest BCUT2D eigenvalue weighted by atomic mass is 10.2. The van der Waals surface area contributed by atoms with Gasteiger partial charge in [-0.25, -0.2) is 13.1 Å². The molecule has 0 heterocycles. The van der Waals surface area contributed by atoms with Crippen molar-refractivity contribution in [1.82, 2.24) is 15.4 Å². The van der Waals surface area contributed by atoms with Crippen molar-refractivity contribution in [1.29, 1.82) is 0 Å². The Bertz CT molecular complexity index is 919. The third-order valence-electron chi connectivity index (χ3n) is 4.58. The number of sulfonamides is 1. The number of benzene rings is 2. The van der Waals surface area contributed by atoms with Gasteiger partial charge in [0.15, 0.2) is 5.96 Å². The number of nitrogens with one attached hydrogen (secondary N) is 3. The molecule has 0 spiro atoms. The van der Waals surface area contributed by atoms with Crippen LogP contribution in [0.5, 0.6) is 5.75 Å². The fraction of sp³-hybridized carbons (Fsp3) is 0.381. The van der Waals surface area contributed by atoms with Crippen LogP contribution in [0.2, 0.25) is 0 Å². The van der Waals surface area contributed by atoms with Gasteiger partial charge in [0.2, 0.25) is 10.0 Å². The minimum absolute atomic E-state index is 0.